The van der Waals surface area contributed by atoms with Crippen LogP contribution in [0, 0.1) is 0 Å². The molecule has 3 rings (SSSR count). The predicted molar refractivity (Wildman–Crippen MR) is 80.8 cm³/mol. The summed E-state index contributed by atoms with van der Waals surface area (Å²) >= 11 is 3.40. The molecule has 0 radical (unpaired) electrons. The molecular weight excluding hydrogens is 318 g/mol. The van der Waals surface area contributed by atoms with Crippen molar-refractivity contribution in [3.8, 4) is 0 Å². The number of benzene rings is 1. The molecule has 0 saturated carbocycles. The van der Waals surface area contributed by atoms with E-state index in [2.05, 4.69) is 26.0 Å². The second kappa shape index (κ2) is 5.17. The summed E-state index contributed by atoms with van der Waals surface area (Å²) in [7, 11) is 0. The van der Waals surface area contributed by atoms with Gasteiger partial charge in [0.25, 0.3) is 0 Å². The van der Waals surface area contributed by atoms with Gasteiger partial charge in [-0.1, -0.05) is 18.2 Å². The first-order valence-electron chi connectivity index (χ1n) is 6.32. The van der Waals surface area contributed by atoms with E-state index in [0.717, 1.165) is 10.9 Å². The third kappa shape index (κ3) is 2.04. The zero-order valence-corrected chi connectivity index (χ0v) is 12.5. The quantitative estimate of drug-likeness (QED) is 0.691. The normalized spacial score (nSPS) is 10.9. The van der Waals surface area contributed by atoms with Crippen LogP contribution >= 0.6 is 15.9 Å². The van der Waals surface area contributed by atoms with Crippen LogP contribution in [-0.4, -0.2) is 20.5 Å². The Morgan fingerprint density at radius 3 is 2.90 bits per heavy atom. The molecule has 0 saturated heterocycles. The standard InChI is InChI=1S/C15H12BrN3O/c1-2-19-14(12(16)9-18-19)15(20)11-7-3-5-10-6-4-8-17-13(10)11/h3-9H,2H2,1H3. The summed E-state index contributed by atoms with van der Waals surface area (Å²) in [6, 6.07) is 9.44. The maximum atomic E-state index is 12.8. The number of aromatic nitrogens is 3. The Morgan fingerprint density at radius 1 is 1.30 bits per heavy atom. The molecule has 100 valence electrons. The molecule has 4 nitrogen and oxygen atoms in total. The fourth-order valence-electron chi connectivity index (χ4n) is 2.24. The van der Waals surface area contributed by atoms with Crippen molar-refractivity contribution in [2.75, 3.05) is 0 Å². The van der Waals surface area contributed by atoms with E-state index in [1.165, 1.54) is 0 Å². The van der Waals surface area contributed by atoms with E-state index < -0.39 is 0 Å². The van der Waals surface area contributed by atoms with Crippen molar-refractivity contribution in [2.24, 2.45) is 0 Å². The Labute approximate surface area is 124 Å². The zero-order valence-electron chi connectivity index (χ0n) is 10.9. The number of para-hydroxylation sites is 1. The number of aryl methyl sites for hydroxylation is 1. The summed E-state index contributed by atoms with van der Waals surface area (Å²) in [5.41, 5.74) is 1.88. The van der Waals surface area contributed by atoms with Gasteiger partial charge in [0.05, 0.1) is 21.7 Å². The molecule has 0 spiro atoms. The maximum Gasteiger partial charge on any atom is 0.214 e. The summed E-state index contributed by atoms with van der Waals surface area (Å²) in [6.45, 7) is 2.60. The SMILES string of the molecule is CCn1ncc(Br)c1C(=O)c1cccc2cccnc12. The van der Waals surface area contributed by atoms with Crippen LogP contribution in [0.15, 0.2) is 47.2 Å². The van der Waals surface area contributed by atoms with E-state index in [1.807, 2.05) is 31.2 Å². The minimum absolute atomic E-state index is 0.0690. The molecule has 2 heterocycles. The summed E-state index contributed by atoms with van der Waals surface area (Å²) in [6.07, 6.45) is 3.35. The monoisotopic (exact) mass is 329 g/mol. The topological polar surface area (TPSA) is 47.8 Å². The van der Waals surface area contributed by atoms with Crippen molar-refractivity contribution >= 4 is 32.6 Å². The Hall–Kier alpha value is -2.01. The van der Waals surface area contributed by atoms with Gasteiger partial charge >= 0.3 is 0 Å². The van der Waals surface area contributed by atoms with E-state index in [0.29, 0.717) is 22.3 Å². The van der Waals surface area contributed by atoms with Crippen LogP contribution < -0.4 is 0 Å². The summed E-state index contributed by atoms with van der Waals surface area (Å²) in [4.78, 5) is 17.1. The number of fused-ring (bicyclic) bond motifs is 1. The van der Waals surface area contributed by atoms with Gasteiger partial charge in [-0.15, -0.1) is 0 Å². The number of rotatable bonds is 3. The van der Waals surface area contributed by atoms with Crippen molar-refractivity contribution in [3.05, 3.63) is 58.5 Å². The van der Waals surface area contributed by atoms with Crippen molar-refractivity contribution in [1.82, 2.24) is 14.8 Å². The highest BCUT2D eigenvalue weighted by molar-refractivity contribution is 9.10. The number of halogens is 1. The molecule has 0 bridgehead atoms. The summed E-state index contributed by atoms with van der Waals surface area (Å²) in [5.74, 6) is -0.0690. The number of hydrogen-bond donors (Lipinski definition) is 0. The van der Waals surface area contributed by atoms with Gasteiger partial charge in [0.2, 0.25) is 5.78 Å². The van der Waals surface area contributed by atoms with Crippen molar-refractivity contribution in [1.29, 1.82) is 0 Å². The highest BCUT2D eigenvalue weighted by Crippen LogP contribution is 2.23. The first kappa shape index (κ1) is 13.0. The van der Waals surface area contributed by atoms with Gasteiger partial charge in [0.15, 0.2) is 0 Å². The highest BCUT2D eigenvalue weighted by atomic mass is 79.9. The Kier molecular flexibility index (Phi) is 3.36. The van der Waals surface area contributed by atoms with Gasteiger partial charge in [0.1, 0.15) is 5.69 Å². The molecule has 0 aliphatic carbocycles. The van der Waals surface area contributed by atoms with E-state index in [1.54, 1.807) is 23.1 Å². The lowest BCUT2D eigenvalue weighted by atomic mass is 10.0. The van der Waals surface area contributed by atoms with Crippen LogP contribution in [0.2, 0.25) is 0 Å². The predicted octanol–water partition coefficient (Wildman–Crippen LogP) is 3.44. The van der Waals surface area contributed by atoms with Crippen LogP contribution in [0.25, 0.3) is 10.9 Å². The van der Waals surface area contributed by atoms with E-state index in [4.69, 9.17) is 0 Å². The Bertz CT molecular complexity index is 789. The largest absolute Gasteiger partial charge is 0.287 e. The molecule has 0 unspecified atom stereocenters. The maximum absolute atomic E-state index is 12.8. The molecule has 0 atom stereocenters. The minimum atomic E-state index is -0.0690. The fourth-order valence-corrected chi connectivity index (χ4v) is 2.72. The molecule has 20 heavy (non-hydrogen) atoms. The highest BCUT2D eigenvalue weighted by Gasteiger charge is 2.20. The average molecular weight is 330 g/mol. The van der Waals surface area contributed by atoms with Crippen LogP contribution in [0.3, 0.4) is 0 Å². The van der Waals surface area contributed by atoms with E-state index in [-0.39, 0.29) is 5.78 Å². The molecule has 0 amide bonds. The van der Waals surface area contributed by atoms with Gasteiger partial charge in [-0.3, -0.25) is 14.5 Å². The minimum Gasteiger partial charge on any atom is -0.287 e. The average Bonchev–Trinajstić information content (AvgIpc) is 2.87. The molecule has 2 aromatic heterocycles. The lowest BCUT2D eigenvalue weighted by Gasteiger charge is -2.07. The number of pyridine rings is 1. The number of nitrogens with zero attached hydrogens (tertiary/aromatic N) is 3. The van der Waals surface area contributed by atoms with Crippen LogP contribution in [0.5, 0.6) is 0 Å². The lowest BCUT2D eigenvalue weighted by molar-refractivity contribution is 0.102. The third-order valence-electron chi connectivity index (χ3n) is 3.19. The zero-order chi connectivity index (χ0) is 14.1. The number of ketones is 1. The third-order valence-corrected chi connectivity index (χ3v) is 3.77. The van der Waals surface area contributed by atoms with Gasteiger partial charge in [0, 0.05) is 18.1 Å². The second-order valence-corrected chi connectivity index (χ2v) is 5.22. The fraction of sp³-hybridized carbons (Fsp3) is 0.133. The van der Waals surface area contributed by atoms with Crippen LogP contribution in [0.1, 0.15) is 23.0 Å². The molecule has 0 N–H and O–H groups in total. The number of hydrogen-bond acceptors (Lipinski definition) is 3. The molecule has 3 aromatic rings. The molecular formula is C15H12BrN3O. The van der Waals surface area contributed by atoms with E-state index in [9.17, 15) is 4.79 Å². The molecule has 0 fully saturated rings. The first-order valence-corrected chi connectivity index (χ1v) is 7.11. The molecule has 0 aliphatic rings. The van der Waals surface area contributed by atoms with Gasteiger partial charge in [-0.2, -0.15) is 5.10 Å². The molecule has 5 heteroatoms. The number of carbonyl (C=O) groups is 1. The van der Waals surface area contributed by atoms with Crippen molar-refractivity contribution in [3.63, 3.8) is 0 Å². The van der Waals surface area contributed by atoms with E-state index >= 15 is 0 Å². The Balaban J connectivity index is 2.20. The van der Waals surface area contributed by atoms with Gasteiger partial charge < -0.3 is 0 Å². The molecule has 0 aliphatic heterocycles. The Morgan fingerprint density at radius 2 is 2.10 bits per heavy atom. The number of carbonyl (C=O) groups excluding carboxylic acids is 1. The van der Waals surface area contributed by atoms with Crippen molar-refractivity contribution < 1.29 is 4.79 Å². The summed E-state index contributed by atoms with van der Waals surface area (Å²) < 4.78 is 2.39. The van der Waals surface area contributed by atoms with Gasteiger partial charge in [-0.05, 0) is 35.0 Å². The van der Waals surface area contributed by atoms with Crippen LogP contribution in [0.4, 0.5) is 0 Å². The molecule has 1 aromatic carbocycles. The van der Waals surface area contributed by atoms with Gasteiger partial charge in [-0.25, -0.2) is 0 Å². The summed E-state index contributed by atoms with van der Waals surface area (Å²) in [5, 5.41) is 5.14. The first-order chi connectivity index (χ1) is 9.72. The van der Waals surface area contributed by atoms with Crippen molar-refractivity contribution in [2.45, 2.75) is 13.5 Å². The smallest absolute Gasteiger partial charge is 0.214 e. The lowest BCUT2D eigenvalue weighted by Crippen LogP contribution is -2.11. The van der Waals surface area contributed by atoms with Crippen LogP contribution in [-0.2, 0) is 6.54 Å². The second-order valence-electron chi connectivity index (χ2n) is 4.37.